The van der Waals surface area contributed by atoms with Crippen molar-refractivity contribution < 1.29 is 24.3 Å². The van der Waals surface area contributed by atoms with Crippen LogP contribution in [-0.2, 0) is 9.53 Å². The van der Waals surface area contributed by atoms with Gasteiger partial charge in [0.2, 0.25) is 0 Å². The summed E-state index contributed by atoms with van der Waals surface area (Å²) < 4.78 is 10.7. The van der Waals surface area contributed by atoms with E-state index in [9.17, 15) is 14.9 Å². The highest BCUT2D eigenvalue weighted by Gasteiger charge is 2.10. The summed E-state index contributed by atoms with van der Waals surface area (Å²) in [6.45, 7) is 3.46. The van der Waals surface area contributed by atoms with Crippen LogP contribution in [-0.4, -0.2) is 35.8 Å². The molecule has 0 aliphatic rings. The van der Waals surface area contributed by atoms with Gasteiger partial charge in [0, 0.05) is 43.4 Å². The molecule has 0 amide bonds. The average molecular weight is 295 g/mol. The summed E-state index contributed by atoms with van der Waals surface area (Å²) in [5.41, 5.74) is 0.227. The molecule has 0 saturated carbocycles. The normalized spacial score (nSPS) is 10.7. The number of hydrogen-bond acceptors (Lipinski definition) is 5. The Labute approximate surface area is 121 Å². The number of benzene rings is 1. The van der Waals surface area contributed by atoms with Gasteiger partial charge in [-0.1, -0.05) is 0 Å². The molecule has 0 aliphatic heterocycles. The molecule has 1 rings (SSSR count). The highest BCUT2D eigenvalue weighted by atomic mass is 16.6. The Balaban J connectivity index is 2.80. The van der Waals surface area contributed by atoms with Gasteiger partial charge in [0.25, 0.3) is 5.69 Å². The SMILES string of the molecule is CCOCCCOc1ccc([N+](=O)[O-])cc1C=CC(=O)O. The lowest BCUT2D eigenvalue weighted by molar-refractivity contribution is -0.384. The van der Waals surface area contributed by atoms with Crippen molar-refractivity contribution in [1.29, 1.82) is 0 Å². The molecule has 0 fully saturated rings. The molecular formula is C14H17NO6. The Morgan fingerprint density at radius 3 is 2.81 bits per heavy atom. The summed E-state index contributed by atoms with van der Waals surface area (Å²) in [6.07, 6.45) is 2.85. The Morgan fingerprint density at radius 1 is 1.43 bits per heavy atom. The van der Waals surface area contributed by atoms with E-state index in [1.807, 2.05) is 6.92 Å². The topological polar surface area (TPSA) is 98.9 Å². The van der Waals surface area contributed by atoms with Crippen LogP contribution in [0.5, 0.6) is 5.75 Å². The van der Waals surface area contributed by atoms with Gasteiger partial charge < -0.3 is 14.6 Å². The molecule has 1 aromatic rings. The highest BCUT2D eigenvalue weighted by Crippen LogP contribution is 2.25. The number of carboxylic acids is 1. The Bertz CT molecular complexity index is 526. The van der Waals surface area contributed by atoms with Crippen molar-refractivity contribution in [3.63, 3.8) is 0 Å². The first-order valence-corrected chi connectivity index (χ1v) is 6.44. The van der Waals surface area contributed by atoms with E-state index < -0.39 is 10.9 Å². The molecule has 114 valence electrons. The smallest absolute Gasteiger partial charge is 0.328 e. The molecular weight excluding hydrogens is 278 g/mol. The molecule has 0 aliphatic carbocycles. The van der Waals surface area contributed by atoms with Gasteiger partial charge in [-0.15, -0.1) is 0 Å². The predicted molar refractivity (Wildman–Crippen MR) is 76.4 cm³/mol. The van der Waals surface area contributed by atoms with Crippen molar-refractivity contribution in [3.8, 4) is 5.75 Å². The minimum atomic E-state index is -1.14. The van der Waals surface area contributed by atoms with Gasteiger partial charge in [0.1, 0.15) is 5.75 Å². The molecule has 7 nitrogen and oxygen atoms in total. The van der Waals surface area contributed by atoms with Gasteiger partial charge in [-0.05, 0) is 19.1 Å². The van der Waals surface area contributed by atoms with Crippen LogP contribution in [0.3, 0.4) is 0 Å². The monoisotopic (exact) mass is 295 g/mol. The van der Waals surface area contributed by atoms with Gasteiger partial charge in [0.15, 0.2) is 0 Å². The largest absolute Gasteiger partial charge is 0.493 e. The van der Waals surface area contributed by atoms with Gasteiger partial charge in [0.05, 0.1) is 11.5 Å². The molecule has 0 heterocycles. The lowest BCUT2D eigenvalue weighted by Crippen LogP contribution is -2.04. The van der Waals surface area contributed by atoms with Crippen molar-refractivity contribution in [2.24, 2.45) is 0 Å². The van der Waals surface area contributed by atoms with Crippen LogP contribution in [0.2, 0.25) is 0 Å². The number of nitrogens with zero attached hydrogens (tertiary/aromatic N) is 1. The van der Waals surface area contributed by atoms with E-state index in [0.29, 0.717) is 37.6 Å². The van der Waals surface area contributed by atoms with Crippen LogP contribution in [0, 0.1) is 10.1 Å². The fraction of sp³-hybridized carbons (Fsp3) is 0.357. The number of carboxylic acid groups (broad SMARTS) is 1. The molecule has 0 saturated heterocycles. The Morgan fingerprint density at radius 2 is 2.19 bits per heavy atom. The summed E-state index contributed by atoms with van der Waals surface area (Å²) in [5.74, 6) is -0.738. The number of rotatable bonds is 9. The first-order chi connectivity index (χ1) is 10.0. The summed E-state index contributed by atoms with van der Waals surface area (Å²) >= 11 is 0. The lowest BCUT2D eigenvalue weighted by atomic mass is 10.1. The molecule has 0 unspecified atom stereocenters. The maximum Gasteiger partial charge on any atom is 0.328 e. The Hall–Kier alpha value is -2.41. The minimum Gasteiger partial charge on any atom is -0.493 e. The second kappa shape index (κ2) is 8.70. The van der Waals surface area contributed by atoms with E-state index in [2.05, 4.69) is 0 Å². The first kappa shape index (κ1) is 16.6. The van der Waals surface area contributed by atoms with E-state index >= 15 is 0 Å². The van der Waals surface area contributed by atoms with E-state index in [1.165, 1.54) is 24.3 Å². The fourth-order valence-electron chi connectivity index (χ4n) is 1.56. The number of nitro benzene ring substituents is 1. The molecule has 21 heavy (non-hydrogen) atoms. The van der Waals surface area contributed by atoms with Gasteiger partial charge in [-0.2, -0.15) is 0 Å². The average Bonchev–Trinajstić information content (AvgIpc) is 2.45. The van der Waals surface area contributed by atoms with E-state index in [-0.39, 0.29) is 5.69 Å². The summed E-state index contributed by atoms with van der Waals surface area (Å²) in [5, 5.41) is 19.4. The number of hydrogen-bond donors (Lipinski definition) is 1. The number of aliphatic carboxylic acids is 1. The summed E-state index contributed by atoms with van der Waals surface area (Å²) in [6, 6.07) is 4.05. The number of nitro groups is 1. The molecule has 7 heteroatoms. The second-order valence-electron chi connectivity index (χ2n) is 4.05. The summed E-state index contributed by atoms with van der Waals surface area (Å²) in [4.78, 5) is 20.8. The minimum absolute atomic E-state index is 0.123. The second-order valence-corrected chi connectivity index (χ2v) is 4.05. The zero-order valence-electron chi connectivity index (χ0n) is 11.7. The van der Waals surface area contributed by atoms with E-state index in [0.717, 1.165) is 6.08 Å². The van der Waals surface area contributed by atoms with Crippen LogP contribution in [0.4, 0.5) is 5.69 Å². The third-order valence-corrected chi connectivity index (χ3v) is 2.50. The zero-order valence-corrected chi connectivity index (χ0v) is 11.7. The van der Waals surface area contributed by atoms with Gasteiger partial charge in [-0.3, -0.25) is 10.1 Å². The molecule has 0 aromatic heterocycles. The van der Waals surface area contributed by atoms with E-state index in [4.69, 9.17) is 14.6 Å². The number of ether oxygens (including phenoxy) is 2. The van der Waals surface area contributed by atoms with Crippen LogP contribution >= 0.6 is 0 Å². The molecule has 0 bridgehead atoms. The zero-order chi connectivity index (χ0) is 15.7. The van der Waals surface area contributed by atoms with Gasteiger partial charge >= 0.3 is 5.97 Å². The van der Waals surface area contributed by atoms with Crippen LogP contribution in [0.1, 0.15) is 18.9 Å². The first-order valence-electron chi connectivity index (χ1n) is 6.44. The van der Waals surface area contributed by atoms with Crippen molar-refractivity contribution in [3.05, 3.63) is 40.0 Å². The van der Waals surface area contributed by atoms with Crippen molar-refractivity contribution in [2.75, 3.05) is 19.8 Å². The Kier molecular flexibility index (Phi) is 6.90. The maximum absolute atomic E-state index is 10.7. The molecule has 0 atom stereocenters. The lowest BCUT2D eigenvalue weighted by Gasteiger charge is -2.09. The molecule has 1 N–H and O–H groups in total. The number of carbonyl (C=O) groups is 1. The third-order valence-electron chi connectivity index (χ3n) is 2.50. The van der Waals surface area contributed by atoms with Gasteiger partial charge in [-0.25, -0.2) is 4.79 Å². The third kappa shape index (κ3) is 6.05. The molecule has 1 aromatic carbocycles. The van der Waals surface area contributed by atoms with Crippen LogP contribution in [0.25, 0.3) is 6.08 Å². The van der Waals surface area contributed by atoms with Crippen molar-refractivity contribution in [1.82, 2.24) is 0 Å². The van der Waals surface area contributed by atoms with Crippen molar-refractivity contribution in [2.45, 2.75) is 13.3 Å². The number of non-ortho nitro benzene ring substituents is 1. The molecule has 0 radical (unpaired) electrons. The maximum atomic E-state index is 10.7. The van der Waals surface area contributed by atoms with Crippen LogP contribution in [0.15, 0.2) is 24.3 Å². The standard InChI is InChI=1S/C14H17NO6/c1-2-20-8-3-9-21-13-6-5-12(15(18)19)10-11(13)4-7-14(16)17/h4-7,10H,2-3,8-9H2,1H3,(H,16,17). The van der Waals surface area contributed by atoms with Crippen molar-refractivity contribution >= 4 is 17.7 Å². The summed E-state index contributed by atoms with van der Waals surface area (Å²) in [7, 11) is 0. The molecule has 0 spiro atoms. The van der Waals surface area contributed by atoms with Crippen LogP contribution < -0.4 is 4.74 Å². The quantitative estimate of drug-likeness (QED) is 0.325. The predicted octanol–water partition coefficient (Wildman–Crippen LogP) is 2.50. The fourth-order valence-corrected chi connectivity index (χ4v) is 1.56. The highest BCUT2D eigenvalue weighted by molar-refractivity contribution is 5.86. The van der Waals surface area contributed by atoms with E-state index in [1.54, 1.807) is 0 Å².